The molecule has 2 heterocycles. The molecule has 0 radical (unpaired) electrons. The Kier molecular flexibility index (Phi) is 5.39. The molecule has 1 N–H and O–H groups in total. The average molecular weight is 375 g/mol. The van der Waals surface area contributed by atoms with Crippen molar-refractivity contribution in [2.75, 3.05) is 6.54 Å². The van der Waals surface area contributed by atoms with Crippen LogP contribution in [0.1, 0.15) is 16.7 Å². The van der Waals surface area contributed by atoms with Gasteiger partial charge in [0.15, 0.2) is 0 Å². The van der Waals surface area contributed by atoms with Crippen LogP contribution < -0.4 is 5.32 Å². The van der Waals surface area contributed by atoms with E-state index < -0.39 is 0 Å². The fourth-order valence-electron chi connectivity index (χ4n) is 3.14. The Morgan fingerprint density at radius 3 is 2.59 bits per heavy atom. The maximum absolute atomic E-state index is 12.5. The third kappa shape index (κ3) is 4.49. The van der Waals surface area contributed by atoms with E-state index in [1.165, 1.54) is 20.9 Å². The Balaban J connectivity index is 1.30. The van der Waals surface area contributed by atoms with Crippen molar-refractivity contribution >= 4 is 17.8 Å². The van der Waals surface area contributed by atoms with Gasteiger partial charge >= 0.3 is 6.03 Å². The number of carbonyl (C=O) groups excluding carboxylic acids is 1. The fraction of sp³-hybridized carbons (Fsp3) is 0.182. The molecule has 1 aromatic heterocycles. The number of nitrogens with zero attached hydrogens (tertiary/aromatic N) is 2. The summed E-state index contributed by atoms with van der Waals surface area (Å²) in [5, 5.41) is 3.03. The number of amides is 2. The lowest BCUT2D eigenvalue weighted by Gasteiger charge is -2.28. The van der Waals surface area contributed by atoms with Gasteiger partial charge in [-0.15, -0.1) is 0 Å². The molecular weight excluding hydrogens is 354 g/mol. The number of hydrogen-bond donors (Lipinski definition) is 1. The number of fused-ring (bicyclic) bond motifs is 1. The Labute approximate surface area is 163 Å². The monoisotopic (exact) mass is 375 g/mol. The van der Waals surface area contributed by atoms with Crippen molar-refractivity contribution in [2.24, 2.45) is 0 Å². The second-order valence-corrected chi connectivity index (χ2v) is 7.68. The first kappa shape index (κ1) is 17.6. The van der Waals surface area contributed by atoms with Gasteiger partial charge in [-0.2, -0.15) is 0 Å². The summed E-state index contributed by atoms with van der Waals surface area (Å²) in [4.78, 5) is 20.9. The molecule has 0 bridgehead atoms. The van der Waals surface area contributed by atoms with Crippen LogP contribution in [0, 0.1) is 0 Å². The summed E-state index contributed by atoms with van der Waals surface area (Å²) in [7, 11) is 0. The summed E-state index contributed by atoms with van der Waals surface area (Å²) < 4.78 is 0. The van der Waals surface area contributed by atoms with Crippen molar-refractivity contribution in [3.63, 3.8) is 0 Å². The van der Waals surface area contributed by atoms with Crippen molar-refractivity contribution < 1.29 is 4.79 Å². The number of benzene rings is 2. The van der Waals surface area contributed by atoms with E-state index in [0.29, 0.717) is 13.1 Å². The minimum atomic E-state index is -0.0137. The molecule has 0 saturated heterocycles. The van der Waals surface area contributed by atoms with Crippen LogP contribution in [0.2, 0.25) is 0 Å². The van der Waals surface area contributed by atoms with Crippen LogP contribution in [0.3, 0.4) is 0 Å². The van der Waals surface area contributed by atoms with Crippen LogP contribution in [0.25, 0.3) is 0 Å². The van der Waals surface area contributed by atoms with Gasteiger partial charge in [0, 0.05) is 41.8 Å². The molecule has 27 heavy (non-hydrogen) atoms. The zero-order chi connectivity index (χ0) is 18.5. The smallest absolute Gasteiger partial charge is 0.317 e. The molecule has 0 fully saturated rings. The number of pyridine rings is 1. The second kappa shape index (κ2) is 8.27. The maximum atomic E-state index is 12.5. The molecule has 0 spiro atoms. The summed E-state index contributed by atoms with van der Waals surface area (Å²) in [6.07, 6.45) is 4.55. The highest BCUT2D eigenvalue weighted by Crippen LogP contribution is 2.27. The van der Waals surface area contributed by atoms with Crippen molar-refractivity contribution in [1.29, 1.82) is 0 Å². The quantitative estimate of drug-likeness (QED) is 0.730. The largest absolute Gasteiger partial charge is 0.334 e. The highest BCUT2D eigenvalue weighted by molar-refractivity contribution is 7.99. The van der Waals surface area contributed by atoms with Gasteiger partial charge in [0.25, 0.3) is 0 Å². The third-order valence-corrected chi connectivity index (χ3v) is 5.67. The molecule has 2 amide bonds. The van der Waals surface area contributed by atoms with Crippen molar-refractivity contribution in [2.45, 2.75) is 29.3 Å². The first-order valence-corrected chi connectivity index (χ1v) is 9.86. The lowest BCUT2D eigenvalue weighted by molar-refractivity contribution is 0.192. The van der Waals surface area contributed by atoms with E-state index in [1.807, 2.05) is 35.4 Å². The van der Waals surface area contributed by atoms with Crippen molar-refractivity contribution in [3.8, 4) is 0 Å². The average Bonchev–Trinajstić information content (AvgIpc) is 2.73. The second-order valence-electron chi connectivity index (χ2n) is 6.53. The molecule has 0 atom stereocenters. The van der Waals surface area contributed by atoms with Gasteiger partial charge in [-0.3, -0.25) is 4.98 Å². The van der Waals surface area contributed by atoms with Crippen LogP contribution in [0.5, 0.6) is 0 Å². The molecule has 1 aliphatic rings. The maximum Gasteiger partial charge on any atom is 0.317 e. The molecule has 0 aliphatic carbocycles. The molecule has 4 nitrogen and oxygen atoms in total. The molecule has 3 aromatic rings. The van der Waals surface area contributed by atoms with Crippen molar-refractivity contribution in [1.82, 2.24) is 15.2 Å². The molecule has 136 valence electrons. The Bertz CT molecular complexity index is 912. The van der Waals surface area contributed by atoms with Crippen molar-refractivity contribution in [3.05, 3.63) is 89.7 Å². The summed E-state index contributed by atoms with van der Waals surface area (Å²) in [6.45, 7) is 1.92. The number of hydrogen-bond acceptors (Lipinski definition) is 3. The molecule has 0 saturated carbocycles. The Morgan fingerprint density at radius 2 is 1.78 bits per heavy atom. The van der Waals surface area contributed by atoms with Crippen LogP contribution >= 0.6 is 11.8 Å². The molecule has 1 aliphatic heterocycles. The molecule has 0 unspecified atom stereocenters. The van der Waals surface area contributed by atoms with Crippen LogP contribution in [-0.4, -0.2) is 22.5 Å². The zero-order valence-corrected chi connectivity index (χ0v) is 15.8. The van der Waals surface area contributed by atoms with E-state index in [4.69, 9.17) is 0 Å². The van der Waals surface area contributed by atoms with Gasteiger partial charge in [0.1, 0.15) is 0 Å². The summed E-state index contributed by atoms with van der Waals surface area (Å²) in [5.41, 5.74) is 3.53. The summed E-state index contributed by atoms with van der Waals surface area (Å²) in [5.74, 6) is 0. The third-order valence-electron chi connectivity index (χ3n) is 4.65. The lowest BCUT2D eigenvalue weighted by Crippen LogP contribution is -2.42. The topological polar surface area (TPSA) is 45.2 Å². The number of carbonyl (C=O) groups is 1. The number of urea groups is 1. The van der Waals surface area contributed by atoms with Gasteiger partial charge in [-0.1, -0.05) is 42.1 Å². The number of rotatable bonds is 4. The SMILES string of the molecule is O=C(NCc1ccc(Sc2ccccc2)cc1)N1CCc2cnccc2C1. The van der Waals surface area contributed by atoms with Crippen LogP contribution in [0.15, 0.2) is 82.8 Å². The number of aromatic nitrogens is 1. The van der Waals surface area contributed by atoms with E-state index in [0.717, 1.165) is 18.5 Å². The fourth-order valence-corrected chi connectivity index (χ4v) is 3.98. The van der Waals surface area contributed by atoms with Gasteiger partial charge in [0.05, 0.1) is 0 Å². The van der Waals surface area contributed by atoms with E-state index >= 15 is 0 Å². The zero-order valence-electron chi connectivity index (χ0n) is 15.0. The first-order chi connectivity index (χ1) is 13.3. The minimum Gasteiger partial charge on any atom is -0.334 e. The Morgan fingerprint density at radius 1 is 1.00 bits per heavy atom. The summed E-state index contributed by atoms with van der Waals surface area (Å²) in [6, 6.07) is 20.6. The molecule has 2 aromatic carbocycles. The Hall–Kier alpha value is -2.79. The normalized spacial score (nSPS) is 13.1. The van der Waals surface area contributed by atoms with Gasteiger partial charge < -0.3 is 10.2 Å². The van der Waals surface area contributed by atoms with Gasteiger partial charge in [-0.25, -0.2) is 4.79 Å². The van der Waals surface area contributed by atoms with E-state index in [9.17, 15) is 4.79 Å². The minimum absolute atomic E-state index is 0.0137. The molecule has 5 heteroatoms. The first-order valence-electron chi connectivity index (χ1n) is 9.04. The van der Waals surface area contributed by atoms with Gasteiger partial charge in [0.2, 0.25) is 0 Å². The van der Waals surface area contributed by atoms with E-state index in [2.05, 4.69) is 46.7 Å². The summed E-state index contributed by atoms with van der Waals surface area (Å²) >= 11 is 1.74. The highest BCUT2D eigenvalue weighted by atomic mass is 32.2. The standard InChI is InChI=1S/C22H21N3OS/c26-22(25-13-11-18-15-23-12-10-19(18)16-25)24-14-17-6-8-21(9-7-17)27-20-4-2-1-3-5-20/h1-10,12,15H,11,13-14,16H2,(H,24,26). The van der Waals surface area contributed by atoms with Crippen LogP contribution in [-0.2, 0) is 19.5 Å². The predicted octanol–water partition coefficient (Wildman–Crippen LogP) is 4.50. The lowest BCUT2D eigenvalue weighted by atomic mass is 10.0. The highest BCUT2D eigenvalue weighted by Gasteiger charge is 2.20. The van der Waals surface area contributed by atoms with E-state index in [1.54, 1.807) is 18.0 Å². The van der Waals surface area contributed by atoms with Crippen LogP contribution in [0.4, 0.5) is 4.79 Å². The predicted molar refractivity (Wildman–Crippen MR) is 108 cm³/mol. The molecule has 4 rings (SSSR count). The van der Waals surface area contributed by atoms with Gasteiger partial charge in [-0.05, 0) is 53.4 Å². The van der Waals surface area contributed by atoms with E-state index in [-0.39, 0.29) is 6.03 Å². The number of nitrogens with one attached hydrogen (secondary N) is 1. The molecular formula is C22H21N3OS.